The second-order valence-corrected chi connectivity index (χ2v) is 7.61. The summed E-state index contributed by atoms with van der Waals surface area (Å²) in [5.74, 6) is 0. The molecule has 29 heavy (non-hydrogen) atoms. The molecule has 0 unspecified atom stereocenters. The van der Waals surface area contributed by atoms with Gasteiger partial charge in [-0.2, -0.15) is 5.26 Å². The Morgan fingerprint density at radius 1 is 0.931 bits per heavy atom. The Bertz CT molecular complexity index is 1010. The highest BCUT2D eigenvalue weighted by atomic mass is 32.2. The molecule has 4 nitrogen and oxygen atoms in total. The Morgan fingerprint density at radius 3 is 1.93 bits per heavy atom. The first-order valence-electron chi connectivity index (χ1n) is 9.23. The molecule has 0 heterocycles. The van der Waals surface area contributed by atoms with E-state index in [0.717, 1.165) is 22.3 Å². The van der Waals surface area contributed by atoms with E-state index in [1.165, 1.54) is 11.8 Å². The first kappa shape index (κ1) is 20.7. The Kier molecular flexibility index (Phi) is 6.38. The lowest BCUT2D eigenvalue weighted by atomic mass is 9.79. The molecule has 0 radical (unpaired) electrons. The summed E-state index contributed by atoms with van der Waals surface area (Å²) in [5, 5.41) is 24.2. The highest BCUT2D eigenvalue weighted by molar-refractivity contribution is 8.13. The summed E-state index contributed by atoms with van der Waals surface area (Å²) >= 11 is 1.34. The first-order valence-corrected chi connectivity index (χ1v) is 10.5. The van der Waals surface area contributed by atoms with Gasteiger partial charge >= 0.3 is 0 Å². The van der Waals surface area contributed by atoms with Gasteiger partial charge in [-0.3, -0.25) is 5.32 Å². The van der Waals surface area contributed by atoms with E-state index in [-0.39, 0.29) is 0 Å². The van der Waals surface area contributed by atoms with Crippen LogP contribution in [0.5, 0.6) is 0 Å². The molecule has 0 saturated heterocycles. The highest BCUT2D eigenvalue weighted by Crippen LogP contribution is 2.41. The largest absolute Gasteiger partial charge is 0.376 e. The fourth-order valence-electron chi connectivity index (χ4n) is 3.23. The smallest absolute Gasteiger partial charge is 0.183 e. The number of nitriles is 1. The second-order valence-electron chi connectivity index (χ2n) is 6.82. The summed E-state index contributed by atoms with van der Waals surface area (Å²) in [6, 6.07) is 23.2. The van der Waals surface area contributed by atoms with Crippen molar-refractivity contribution < 1.29 is 5.11 Å². The summed E-state index contributed by atoms with van der Waals surface area (Å²) < 4.78 is 0. The summed E-state index contributed by atoms with van der Waals surface area (Å²) in [5.41, 5.74) is 3.62. The van der Waals surface area contributed by atoms with Crippen LogP contribution in [0.25, 0.3) is 0 Å². The Morgan fingerprint density at radius 2 is 1.45 bits per heavy atom. The van der Waals surface area contributed by atoms with Gasteiger partial charge < -0.3 is 5.11 Å². The molecule has 2 N–H and O–H groups in total. The minimum absolute atomic E-state index is 0.468. The van der Waals surface area contributed by atoms with Gasteiger partial charge in [0.25, 0.3) is 0 Å². The van der Waals surface area contributed by atoms with Gasteiger partial charge in [0.1, 0.15) is 5.60 Å². The monoisotopic (exact) mass is 401 g/mol. The number of aryl methyl sites for hydroxylation is 2. The van der Waals surface area contributed by atoms with Crippen LogP contribution in [0.1, 0.15) is 27.8 Å². The summed E-state index contributed by atoms with van der Waals surface area (Å²) in [7, 11) is 0. The van der Waals surface area contributed by atoms with E-state index < -0.39 is 5.60 Å². The van der Waals surface area contributed by atoms with Crippen molar-refractivity contribution in [3.05, 3.63) is 101 Å². The highest BCUT2D eigenvalue weighted by Gasteiger charge is 2.35. The molecule has 0 bridgehead atoms. The van der Waals surface area contributed by atoms with Crippen molar-refractivity contribution >= 4 is 22.6 Å². The van der Waals surface area contributed by atoms with Crippen LogP contribution in [0.4, 0.5) is 5.69 Å². The molecule has 3 rings (SSSR count). The standard InChI is InChI=1S/C24H23N3OS/c1-17-8-12-19(13-9-17)24(28,20-14-10-18(2)11-15-20)21-6-4-5-7-22(21)27-23(29-3)26-16-25/h4-15,28H,1-3H3,(H,26,27). The minimum Gasteiger partial charge on any atom is -0.376 e. The molecule has 0 saturated carbocycles. The SMILES string of the molecule is CSC(=Nc1ccccc1C(O)(c1ccc(C)cc1)c1ccc(C)cc1)NC#N. The van der Waals surface area contributed by atoms with Crippen molar-refractivity contribution in [3.8, 4) is 6.19 Å². The van der Waals surface area contributed by atoms with Gasteiger partial charge in [-0.25, -0.2) is 4.99 Å². The number of nitrogens with one attached hydrogen (secondary N) is 1. The molecule has 0 spiro atoms. The lowest BCUT2D eigenvalue weighted by Gasteiger charge is -2.31. The minimum atomic E-state index is -1.39. The first-order chi connectivity index (χ1) is 14.0. The van der Waals surface area contributed by atoms with Crippen molar-refractivity contribution in [2.45, 2.75) is 19.4 Å². The van der Waals surface area contributed by atoms with Gasteiger partial charge in [0.05, 0.1) is 5.69 Å². The lowest BCUT2D eigenvalue weighted by Crippen LogP contribution is -2.29. The average Bonchev–Trinajstić information content (AvgIpc) is 2.74. The van der Waals surface area contributed by atoms with Crippen molar-refractivity contribution in [1.29, 1.82) is 5.26 Å². The molecule has 0 aliphatic rings. The molecule has 0 aromatic heterocycles. The van der Waals surface area contributed by atoms with E-state index in [0.29, 0.717) is 16.4 Å². The molecule has 0 aliphatic carbocycles. The van der Waals surface area contributed by atoms with Crippen molar-refractivity contribution in [2.75, 3.05) is 6.26 Å². The van der Waals surface area contributed by atoms with Gasteiger partial charge in [0, 0.05) is 5.56 Å². The second kappa shape index (κ2) is 8.95. The van der Waals surface area contributed by atoms with Crippen molar-refractivity contribution in [1.82, 2.24) is 5.32 Å². The number of para-hydroxylation sites is 1. The fraction of sp³-hybridized carbons (Fsp3) is 0.167. The zero-order valence-electron chi connectivity index (χ0n) is 16.7. The van der Waals surface area contributed by atoms with E-state index in [1.54, 1.807) is 0 Å². The maximum absolute atomic E-state index is 12.1. The zero-order chi connectivity index (χ0) is 20.9. The number of rotatable bonds is 4. The molecule has 3 aromatic rings. The molecule has 0 amide bonds. The molecule has 5 heteroatoms. The molecule has 146 valence electrons. The van der Waals surface area contributed by atoms with E-state index in [4.69, 9.17) is 5.26 Å². The van der Waals surface area contributed by atoms with Gasteiger partial charge in [0.15, 0.2) is 11.4 Å². The summed E-state index contributed by atoms with van der Waals surface area (Å²) in [4.78, 5) is 4.61. The quantitative estimate of drug-likeness (QED) is 0.212. The number of benzene rings is 3. The molecule has 0 fully saturated rings. The van der Waals surface area contributed by atoms with Gasteiger partial charge in [-0.05, 0) is 37.3 Å². The maximum atomic E-state index is 12.1. The number of aliphatic imine (C=N–C) groups is 1. The fourth-order valence-corrected chi connectivity index (χ4v) is 3.56. The van der Waals surface area contributed by atoms with Crippen LogP contribution >= 0.6 is 11.8 Å². The van der Waals surface area contributed by atoms with Gasteiger partial charge in [-0.15, -0.1) is 0 Å². The zero-order valence-corrected chi connectivity index (χ0v) is 17.5. The molecular formula is C24H23N3OS. The number of aliphatic hydroxyl groups is 1. The summed E-state index contributed by atoms with van der Waals surface area (Å²) in [6.07, 6.45) is 3.75. The Hall–Kier alpha value is -3.07. The van der Waals surface area contributed by atoms with Crippen LogP contribution in [-0.2, 0) is 5.60 Å². The van der Waals surface area contributed by atoms with Crippen LogP contribution in [0, 0.1) is 25.3 Å². The Labute approximate surface area is 175 Å². The van der Waals surface area contributed by atoms with E-state index >= 15 is 0 Å². The molecular weight excluding hydrogens is 378 g/mol. The average molecular weight is 402 g/mol. The molecule has 0 aliphatic heterocycles. The number of hydrogen-bond acceptors (Lipinski definition) is 4. The van der Waals surface area contributed by atoms with Crippen molar-refractivity contribution in [3.63, 3.8) is 0 Å². The maximum Gasteiger partial charge on any atom is 0.183 e. The van der Waals surface area contributed by atoms with Gasteiger partial charge in [-0.1, -0.05) is 89.6 Å². The van der Waals surface area contributed by atoms with E-state index in [9.17, 15) is 5.11 Å². The van der Waals surface area contributed by atoms with Crippen LogP contribution in [0.15, 0.2) is 77.8 Å². The number of amidine groups is 1. The molecule has 0 atom stereocenters. The Balaban J connectivity index is 2.27. The van der Waals surface area contributed by atoms with Gasteiger partial charge in [0.2, 0.25) is 0 Å². The van der Waals surface area contributed by atoms with Crippen LogP contribution < -0.4 is 5.32 Å². The van der Waals surface area contributed by atoms with Crippen molar-refractivity contribution in [2.24, 2.45) is 4.99 Å². The molecule has 3 aromatic carbocycles. The van der Waals surface area contributed by atoms with Crippen LogP contribution in [0.2, 0.25) is 0 Å². The third kappa shape index (κ3) is 4.34. The third-order valence-electron chi connectivity index (χ3n) is 4.81. The number of nitrogens with zero attached hydrogens (tertiary/aromatic N) is 2. The van der Waals surface area contributed by atoms with Crippen LogP contribution in [0.3, 0.4) is 0 Å². The summed E-state index contributed by atoms with van der Waals surface area (Å²) in [6.45, 7) is 4.04. The van der Waals surface area contributed by atoms with Crippen LogP contribution in [-0.4, -0.2) is 16.5 Å². The number of thioether (sulfide) groups is 1. The third-order valence-corrected chi connectivity index (χ3v) is 5.39. The number of hydrogen-bond donors (Lipinski definition) is 2. The van der Waals surface area contributed by atoms with E-state index in [1.807, 2.05) is 99.1 Å². The topological polar surface area (TPSA) is 68.4 Å². The predicted molar refractivity (Wildman–Crippen MR) is 120 cm³/mol. The predicted octanol–water partition coefficient (Wildman–Crippen LogP) is 5.01. The van der Waals surface area contributed by atoms with E-state index in [2.05, 4.69) is 10.3 Å². The normalized spacial score (nSPS) is 11.8. The lowest BCUT2D eigenvalue weighted by molar-refractivity contribution is 0.126.